The first-order valence-corrected chi connectivity index (χ1v) is 10.5. The molecule has 7 nitrogen and oxygen atoms in total. The smallest absolute Gasteiger partial charge is 0.229 e. The van der Waals surface area contributed by atoms with Crippen molar-refractivity contribution >= 4 is 17.8 Å². The minimum absolute atomic E-state index is 0.0351. The van der Waals surface area contributed by atoms with Gasteiger partial charge in [0.05, 0.1) is 5.41 Å². The highest BCUT2D eigenvalue weighted by molar-refractivity contribution is 5.86. The Balaban J connectivity index is 1.44. The summed E-state index contributed by atoms with van der Waals surface area (Å²) in [5.41, 5.74) is -0.347. The molecule has 0 N–H and O–H groups in total. The average molecular weight is 386 g/mol. The first-order valence-electron chi connectivity index (χ1n) is 10.5. The zero-order valence-corrected chi connectivity index (χ0v) is 17.2. The Labute approximate surface area is 167 Å². The molecule has 28 heavy (non-hydrogen) atoms. The second-order valence-corrected chi connectivity index (χ2v) is 9.06. The summed E-state index contributed by atoms with van der Waals surface area (Å²) in [6.45, 7) is 7.06. The molecule has 2 spiro atoms. The Morgan fingerprint density at radius 2 is 1.64 bits per heavy atom. The van der Waals surface area contributed by atoms with Gasteiger partial charge in [-0.05, 0) is 38.2 Å². The third kappa shape index (κ3) is 3.05. The van der Waals surface area contributed by atoms with Gasteiger partial charge < -0.3 is 14.7 Å². The van der Waals surface area contributed by atoms with Crippen molar-refractivity contribution in [1.29, 1.82) is 0 Å². The fraction of sp³-hybridized carbons (Fsp3) is 0.714. The van der Waals surface area contributed by atoms with Crippen LogP contribution in [-0.2, 0) is 9.59 Å². The van der Waals surface area contributed by atoms with Gasteiger partial charge in [0.2, 0.25) is 17.8 Å². The molecule has 3 aliphatic heterocycles. The minimum atomic E-state index is -0.260. The van der Waals surface area contributed by atoms with Crippen molar-refractivity contribution in [1.82, 2.24) is 19.8 Å². The molecule has 0 saturated carbocycles. The summed E-state index contributed by atoms with van der Waals surface area (Å²) < 4.78 is 0. The number of carbonyl (C=O) groups excluding carboxylic acids is 2. The Morgan fingerprint density at radius 3 is 2.21 bits per heavy atom. The van der Waals surface area contributed by atoms with Gasteiger partial charge in [0.1, 0.15) is 0 Å². The van der Waals surface area contributed by atoms with E-state index in [4.69, 9.17) is 0 Å². The van der Waals surface area contributed by atoms with Crippen molar-refractivity contribution in [3.05, 3.63) is 18.5 Å². The molecule has 7 heteroatoms. The molecule has 1 aromatic rings. The number of piperidine rings is 2. The maximum atomic E-state index is 13.3. The lowest BCUT2D eigenvalue weighted by Crippen LogP contribution is -2.53. The Bertz CT molecular complexity index is 734. The summed E-state index contributed by atoms with van der Waals surface area (Å²) in [7, 11) is 1.98. The standard InChI is InChI=1S/C21H31N5O2/c1-16(2)17(27)25-13-7-21(8-14-25)15-20(18(28)24(21)3)5-11-26(12-6-20)19-22-9-4-10-23-19/h4,9-10,16H,5-8,11-15H2,1-3H3. The van der Waals surface area contributed by atoms with Gasteiger partial charge in [-0.25, -0.2) is 9.97 Å². The van der Waals surface area contributed by atoms with E-state index in [9.17, 15) is 9.59 Å². The van der Waals surface area contributed by atoms with Crippen LogP contribution in [0.5, 0.6) is 0 Å². The van der Waals surface area contributed by atoms with Crippen LogP contribution in [0, 0.1) is 11.3 Å². The van der Waals surface area contributed by atoms with Crippen molar-refractivity contribution in [3.63, 3.8) is 0 Å². The highest BCUT2D eigenvalue weighted by Crippen LogP contribution is 2.52. The summed E-state index contributed by atoms with van der Waals surface area (Å²) in [6.07, 6.45) is 7.94. The normalized spacial score (nSPS) is 23.9. The topological polar surface area (TPSA) is 69.6 Å². The maximum absolute atomic E-state index is 13.3. The number of anilines is 1. The molecular weight excluding hydrogens is 354 g/mol. The van der Waals surface area contributed by atoms with E-state index in [0.29, 0.717) is 5.91 Å². The number of rotatable bonds is 2. The SMILES string of the molecule is CC(C)C(=O)N1CCC2(CC1)CC1(CCN(c3ncccn3)CC1)C(=O)N2C. The van der Waals surface area contributed by atoms with Crippen molar-refractivity contribution in [2.45, 2.75) is 51.5 Å². The van der Waals surface area contributed by atoms with Crippen molar-refractivity contribution in [3.8, 4) is 0 Å². The fourth-order valence-corrected chi connectivity index (χ4v) is 5.40. The number of carbonyl (C=O) groups is 2. The monoisotopic (exact) mass is 385 g/mol. The largest absolute Gasteiger partial charge is 0.342 e. The Hall–Kier alpha value is -2.18. The second-order valence-electron chi connectivity index (χ2n) is 9.06. The summed E-state index contributed by atoms with van der Waals surface area (Å²) >= 11 is 0. The lowest BCUT2D eigenvalue weighted by molar-refractivity contribution is -0.140. The van der Waals surface area contributed by atoms with Crippen LogP contribution < -0.4 is 4.90 Å². The number of hydrogen-bond acceptors (Lipinski definition) is 5. The van der Waals surface area contributed by atoms with Gasteiger partial charge in [0, 0.05) is 57.1 Å². The van der Waals surface area contributed by atoms with Crippen molar-refractivity contribution in [2.75, 3.05) is 38.1 Å². The summed E-state index contributed by atoms with van der Waals surface area (Å²) in [6, 6.07) is 1.82. The van der Waals surface area contributed by atoms with E-state index >= 15 is 0 Å². The van der Waals surface area contributed by atoms with E-state index in [2.05, 4.69) is 14.9 Å². The zero-order valence-electron chi connectivity index (χ0n) is 17.2. The van der Waals surface area contributed by atoms with Gasteiger partial charge >= 0.3 is 0 Å². The van der Waals surface area contributed by atoms with Crippen LogP contribution >= 0.6 is 0 Å². The molecule has 4 heterocycles. The van der Waals surface area contributed by atoms with Crippen molar-refractivity contribution in [2.24, 2.45) is 11.3 Å². The molecule has 0 aliphatic carbocycles. The van der Waals surface area contributed by atoms with E-state index < -0.39 is 0 Å². The third-order valence-electron chi connectivity index (χ3n) is 7.19. The number of amides is 2. The number of aromatic nitrogens is 2. The lowest BCUT2D eigenvalue weighted by Gasteiger charge is -2.44. The molecule has 0 aromatic carbocycles. The molecule has 0 bridgehead atoms. The lowest BCUT2D eigenvalue weighted by atomic mass is 9.71. The van der Waals surface area contributed by atoms with Crippen LogP contribution in [0.15, 0.2) is 18.5 Å². The highest BCUT2D eigenvalue weighted by atomic mass is 16.2. The fourth-order valence-electron chi connectivity index (χ4n) is 5.40. The van der Waals surface area contributed by atoms with Crippen LogP contribution in [0.3, 0.4) is 0 Å². The van der Waals surface area contributed by atoms with Gasteiger partial charge in [-0.2, -0.15) is 0 Å². The van der Waals surface area contributed by atoms with Gasteiger partial charge in [-0.3, -0.25) is 9.59 Å². The molecule has 3 fully saturated rings. The van der Waals surface area contributed by atoms with Crippen LogP contribution in [0.2, 0.25) is 0 Å². The maximum Gasteiger partial charge on any atom is 0.229 e. The van der Waals surface area contributed by atoms with E-state index in [1.807, 2.05) is 36.8 Å². The molecule has 0 radical (unpaired) electrons. The van der Waals surface area contributed by atoms with E-state index in [0.717, 1.165) is 64.2 Å². The van der Waals surface area contributed by atoms with Crippen LogP contribution in [0.25, 0.3) is 0 Å². The second kappa shape index (κ2) is 7.01. The van der Waals surface area contributed by atoms with E-state index in [1.165, 1.54) is 0 Å². The number of hydrogen-bond donors (Lipinski definition) is 0. The predicted molar refractivity (Wildman–Crippen MR) is 107 cm³/mol. The quantitative estimate of drug-likeness (QED) is 0.778. The highest BCUT2D eigenvalue weighted by Gasteiger charge is 2.59. The molecule has 1 aromatic heterocycles. The number of nitrogens with zero attached hydrogens (tertiary/aromatic N) is 5. The molecular formula is C21H31N5O2. The van der Waals surface area contributed by atoms with Gasteiger partial charge in [-0.1, -0.05) is 13.8 Å². The van der Waals surface area contributed by atoms with E-state index in [1.54, 1.807) is 12.4 Å². The number of likely N-dealkylation sites (tertiary alicyclic amines) is 2. The molecule has 3 aliphatic rings. The Morgan fingerprint density at radius 1 is 1.04 bits per heavy atom. The van der Waals surface area contributed by atoms with Crippen LogP contribution in [0.4, 0.5) is 5.95 Å². The molecule has 0 unspecified atom stereocenters. The van der Waals surface area contributed by atoms with Gasteiger partial charge in [0.25, 0.3) is 0 Å². The van der Waals surface area contributed by atoms with E-state index in [-0.39, 0.29) is 22.8 Å². The summed E-state index contributed by atoms with van der Waals surface area (Å²) in [4.78, 5) is 40.6. The van der Waals surface area contributed by atoms with Crippen LogP contribution in [-0.4, -0.2) is 70.3 Å². The third-order valence-corrected chi connectivity index (χ3v) is 7.19. The van der Waals surface area contributed by atoms with Crippen molar-refractivity contribution < 1.29 is 9.59 Å². The molecule has 3 saturated heterocycles. The molecule has 2 amide bonds. The molecule has 4 rings (SSSR count). The Kier molecular flexibility index (Phi) is 4.79. The van der Waals surface area contributed by atoms with Gasteiger partial charge in [-0.15, -0.1) is 0 Å². The zero-order chi connectivity index (χ0) is 19.9. The average Bonchev–Trinajstić information content (AvgIpc) is 2.91. The summed E-state index contributed by atoms with van der Waals surface area (Å²) in [5.74, 6) is 1.32. The summed E-state index contributed by atoms with van der Waals surface area (Å²) in [5, 5.41) is 0. The predicted octanol–water partition coefficient (Wildman–Crippen LogP) is 1.94. The molecule has 152 valence electrons. The van der Waals surface area contributed by atoms with Gasteiger partial charge in [0.15, 0.2) is 0 Å². The minimum Gasteiger partial charge on any atom is -0.342 e. The first-order chi connectivity index (χ1) is 13.4. The first kappa shape index (κ1) is 19.2. The molecule has 0 atom stereocenters. The van der Waals surface area contributed by atoms with Crippen LogP contribution in [0.1, 0.15) is 46.0 Å².